The van der Waals surface area contributed by atoms with Crippen LogP contribution in [0.1, 0.15) is 44.2 Å². The Morgan fingerprint density at radius 1 is 0.893 bits per heavy atom. The number of para-hydroxylation sites is 1. The van der Waals surface area contributed by atoms with Crippen LogP contribution >= 0.6 is 0 Å². The molecule has 1 unspecified atom stereocenters. The Hall–Kier alpha value is -1.07. The second kappa shape index (κ2) is 9.62. The number of benzene rings is 2. The number of anilines is 1. The summed E-state index contributed by atoms with van der Waals surface area (Å²) in [5.74, 6) is 0. The van der Waals surface area contributed by atoms with E-state index in [1.165, 1.54) is 68.5 Å². The Kier molecular flexibility index (Phi) is 7.43. The third kappa shape index (κ3) is 4.25. The smallest absolute Gasteiger partial charge is 0.0909 e. The Labute approximate surface area is 188 Å². The van der Waals surface area contributed by atoms with E-state index in [2.05, 4.69) is 73.3 Å². The lowest BCUT2D eigenvalue weighted by Gasteiger charge is -2.40. The number of rotatable bonds is 7. The summed E-state index contributed by atoms with van der Waals surface area (Å²) in [6.45, 7) is 9.95. The summed E-state index contributed by atoms with van der Waals surface area (Å²) in [6.07, 6.45) is 6.53. The minimum absolute atomic E-state index is 0. The van der Waals surface area contributed by atoms with Crippen molar-refractivity contribution in [2.24, 2.45) is 0 Å². The van der Waals surface area contributed by atoms with E-state index in [9.17, 15) is 0 Å². The molecule has 0 spiro atoms. The van der Waals surface area contributed by atoms with Crippen LogP contribution in [-0.2, 0) is 12.8 Å². The van der Waals surface area contributed by atoms with Gasteiger partial charge in [0, 0.05) is 37.5 Å². The Bertz CT molecular complexity index is 716. The topological polar surface area (TPSA) is 3.24 Å². The lowest BCUT2D eigenvalue weighted by molar-refractivity contribution is -0.936. The minimum Gasteiger partial charge on any atom is -1.00 e. The number of hydrogen-bond donors (Lipinski definition) is 0. The third-order valence-corrected chi connectivity index (χ3v) is 7.44. The zero-order valence-electron chi connectivity index (χ0n) is 17.5. The molecule has 2 aromatic rings. The van der Waals surface area contributed by atoms with Crippen LogP contribution in [0.5, 0.6) is 0 Å². The van der Waals surface area contributed by atoms with Gasteiger partial charge in [-0.25, -0.2) is 0 Å². The largest absolute Gasteiger partial charge is 1.00 e. The van der Waals surface area contributed by atoms with Crippen LogP contribution in [0.4, 0.5) is 5.69 Å². The van der Waals surface area contributed by atoms with Crippen molar-refractivity contribution in [3.8, 4) is 0 Å². The highest BCUT2D eigenvalue weighted by molar-refractivity contribution is 5.49. The maximum absolute atomic E-state index is 2.72. The highest BCUT2D eigenvalue weighted by Crippen LogP contribution is 2.32. The average Bonchev–Trinajstić information content (AvgIpc) is 3.33. The number of halogens is 1. The van der Waals surface area contributed by atoms with E-state index in [0.29, 0.717) is 6.04 Å². The molecule has 28 heavy (non-hydrogen) atoms. The summed E-state index contributed by atoms with van der Waals surface area (Å²) in [7, 11) is 0. The third-order valence-electron chi connectivity index (χ3n) is 7.44. The van der Waals surface area contributed by atoms with Gasteiger partial charge in [-0.05, 0) is 49.9 Å². The van der Waals surface area contributed by atoms with Crippen molar-refractivity contribution in [3.05, 3.63) is 65.7 Å². The van der Waals surface area contributed by atoms with E-state index in [1.54, 1.807) is 11.1 Å². The van der Waals surface area contributed by atoms with Crippen LogP contribution < -0.4 is 28.9 Å². The molecule has 0 radical (unpaired) electrons. The van der Waals surface area contributed by atoms with Gasteiger partial charge in [0.1, 0.15) is 0 Å². The first kappa shape index (κ1) is 21.6. The normalized spacial score (nSPS) is 20.6. The van der Waals surface area contributed by atoms with Gasteiger partial charge in [0.25, 0.3) is 0 Å². The molecule has 0 amide bonds. The molecule has 1 atom stereocenters. The Morgan fingerprint density at radius 2 is 1.50 bits per heavy atom. The number of hydrogen-bond acceptors (Lipinski definition) is 1. The zero-order valence-corrected chi connectivity index (χ0v) is 19.6. The van der Waals surface area contributed by atoms with Crippen molar-refractivity contribution >= 4 is 5.69 Å². The van der Waals surface area contributed by atoms with Gasteiger partial charge in [0.15, 0.2) is 0 Å². The standard InChI is InChI=1S/C25H35N2.HI/c1-3-27(4-2)18-10-15-25(27)16-17-26(23-13-6-5-7-14-23)24-19-21-11-8-9-12-22(21)20-24;/h5-9,11-14,24-25H,3-4,10,15-20H2,1-2H3;1H/q+1;/p-1. The molecule has 1 fully saturated rings. The second-order valence-corrected chi connectivity index (χ2v) is 8.52. The summed E-state index contributed by atoms with van der Waals surface area (Å²) >= 11 is 0. The summed E-state index contributed by atoms with van der Waals surface area (Å²) in [5, 5.41) is 0. The SMILES string of the molecule is CC[N+]1(CC)CCCC1CCN(c1ccccc1)C1Cc2ccccc2C1.[I-]. The summed E-state index contributed by atoms with van der Waals surface area (Å²) in [4.78, 5) is 2.72. The second-order valence-electron chi connectivity index (χ2n) is 8.52. The number of fused-ring (bicyclic) bond motifs is 1. The predicted molar refractivity (Wildman–Crippen MR) is 115 cm³/mol. The van der Waals surface area contributed by atoms with Crippen LogP contribution in [0.2, 0.25) is 0 Å². The van der Waals surface area contributed by atoms with Crippen molar-refractivity contribution in [1.29, 1.82) is 0 Å². The van der Waals surface area contributed by atoms with Gasteiger partial charge in [-0.2, -0.15) is 0 Å². The van der Waals surface area contributed by atoms with Gasteiger partial charge in [-0.1, -0.05) is 42.5 Å². The highest BCUT2D eigenvalue weighted by Gasteiger charge is 2.39. The van der Waals surface area contributed by atoms with Crippen molar-refractivity contribution < 1.29 is 28.5 Å². The van der Waals surface area contributed by atoms with Crippen molar-refractivity contribution in [3.63, 3.8) is 0 Å². The molecule has 1 heterocycles. The maximum Gasteiger partial charge on any atom is 0.0909 e. The van der Waals surface area contributed by atoms with E-state index in [-0.39, 0.29) is 24.0 Å². The Morgan fingerprint density at radius 3 is 2.11 bits per heavy atom. The molecule has 0 saturated carbocycles. The quantitative estimate of drug-likeness (QED) is 0.425. The molecular weight excluding hydrogens is 455 g/mol. The van der Waals surface area contributed by atoms with E-state index >= 15 is 0 Å². The molecule has 2 nitrogen and oxygen atoms in total. The monoisotopic (exact) mass is 490 g/mol. The first-order valence-corrected chi connectivity index (χ1v) is 11.0. The van der Waals surface area contributed by atoms with Crippen LogP contribution in [0, 0.1) is 0 Å². The molecule has 1 aliphatic heterocycles. The fraction of sp³-hybridized carbons (Fsp3) is 0.520. The van der Waals surface area contributed by atoms with E-state index in [1.807, 2.05) is 0 Å². The molecule has 4 rings (SSSR count). The Balaban J connectivity index is 0.00000225. The summed E-state index contributed by atoms with van der Waals surface area (Å²) in [5.41, 5.74) is 4.51. The minimum atomic E-state index is 0. The van der Waals surface area contributed by atoms with Crippen LogP contribution in [0.25, 0.3) is 0 Å². The molecule has 3 heteroatoms. The first-order chi connectivity index (χ1) is 13.3. The van der Waals surface area contributed by atoms with Gasteiger partial charge in [0.05, 0.1) is 25.7 Å². The van der Waals surface area contributed by atoms with Crippen molar-refractivity contribution in [2.45, 2.75) is 58.0 Å². The van der Waals surface area contributed by atoms with E-state index in [0.717, 1.165) is 6.04 Å². The van der Waals surface area contributed by atoms with Crippen LogP contribution in [-0.4, -0.2) is 42.7 Å². The zero-order chi connectivity index (χ0) is 18.7. The molecule has 0 bridgehead atoms. The average molecular weight is 490 g/mol. The van der Waals surface area contributed by atoms with Gasteiger partial charge in [-0.3, -0.25) is 0 Å². The van der Waals surface area contributed by atoms with E-state index < -0.39 is 0 Å². The summed E-state index contributed by atoms with van der Waals surface area (Å²) in [6, 6.07) is 21.6. The molecule has 1 aliphatic carbocycles. The van der Waals surface area contributed by atoms with Gasteiger partial charge in [0.2, 0.25) is 0 Å². The molecule has 152 valence electrons. The number of likely N-dealkylation sites (tertiary alicyclic amines) is 1. The first-order valence-electron chi connectivity index (χ1n) is 11.0. The van der Waals surface area contributed by atoms with Crippen molar-refractivity contribution in [1.82, 2.24) is 0 Å². The fourth-order valence-corrected chi connectivity index (χ4v) is 5.76. The van der Waals surface area contributed by atoms with E-state index in [4.69, 9.17) is 0 Å². The van der Waals surface area contributed by atoms with Gasteiger partial charge >= 0.3 is 0 Å². The van der Waals surface area contributed by atoms with Crippen molar-refractivity contribution in [2.75, 3.05) is 31.1 Å². The maximum atomic E-state index is 2.72. The molecule has 1 saturated heterocycles. The molecule has 2 aromatic carbocycles. The van der Waals surface area contributed by atoms with Crippen LogP contribution in [0.15, 0.2) is 54.6 Å². The number of nitrogens with zero attached hydrogens (tertiary/aromatic N) is 2. The van der Waals surface area contributed by atoms with Gasteiger partial charge < -0.3 is 33.4 Å². The molecule has 0 N–H and O–H groups in total. The highest BCUT2D eigenvalue weighted by atomic mass is 127. The fourth-order valence-electron chi connectivity index (χ4n) is 5.76. The van der Waals surface area contributed by atoms with Gasteiger partial charge in [-0.15, -0.1) is 0 Å². The van der Waals surface area contributed by atoms with Crippen LogP contribution in [0.3, 0.4) is 0 Å². The number of quaternary nitrogens is 1. The molecule has 2 aliphatic rings. The summed E-state index contributed by atoms with van der Waals surface area (Å²) < 4.78 is 1.34. The lowest BCUT2D eigenvalue weighted by Crippen LogP contribution is -3.00. The predicted octanol–water partition coefficient (Wildman–Crippen LogP) is 2.07. The molecule has 0 aromatic heterocycles. The molecular formula is C25H35IN2. The lowest BCUT2D eigenvalue weighted by atomic mass is 10.1.